The Hall–Kier alpha value is -4.35. The van der Waals surface area contributed by atoms with Crippen molar-refractivity contribution in [3.05, 3.63) is 76.4 Å². The second kappa shape index (κ2) is 12.1. The zero-order chi connectivity index (χ0) is 32.8. The molecule has 0 bridgehead atoms. The lowest BCUT2D eigenvalue weighted by molar-refractivity contribution is -0.116. The van der Waals surface area contributed by atoms with Crippen molar-refractivity contribution in [1.82, 2.24) is 0 Å². The number of fused-ring (bicyclic) bond motifs is 4. The molecule has 0 saturated heterocycles. The Morgan fingerprint density at radius 2 is 1.87 bits per heavy atom. The molecule has 0 unspecified atom stereocenters. The van der Waals surface area contributed by atoms with Crippen molar-refractivity contribution in [3.8, 4) is 17.6 Å². The van der Waals surface area contributed by atoms with E-state index in [0.29, 0.717) is 36.9 Å². The maximum Gasteiger partial charge on any atom is 0.252 e. The first-order valence-electron chi connectivity index (χ1n) is 16.3. The van der Waals surface area contributed by atoms with Crippen LogP contribution in [0, 0.1) is 29.1 Å². The molecular weight excluding hydrogens is 578 g/mol. The Bertz CT molecular complexity index is 1710. The first-order chi connectivity index (χ1) is 21.9. The van der Waals surface area contributed by atoms with Gasteiger partial charge in [-0.05, 0) is 104 Å². The third-order valence-electron chi connectivity index (χ3n) is 11.2. The molecule has 8 heteroatoms. The van der Waals surface area contributed by atoms with Crippen LogP contribution in [0.25, 0.3) is 0 Å². The highest BCUT2D eigenvalue weighted by Gasteiger charge is 2.62. The summed E-state index contributed by atoms with van der Waals surface area (Å²) in [5, 5.41) is 24.7. The second-order valence-electron chi connectivity index (χ2n) is 13.7. The smallest absolute Gasteiger partial charge is 0.252 e. The number of amides is 2. The minimum Gasteiger partial charge on any atom is -0.507 e. The van der Waals surface area contributed by atoms with E-state index in [1.807, 2.05) is 24.9 Å². The summed E-state index contributed by atoms with van der Waals surface area (Å²) in [7, 11) is 1.95. The van der Waals surface area contributed by atoms with E-state index in [2.05, 4.69) is 48.3 Å². The molecule has 0 aliphatic heterocycles. The van der Waals surface area contributed by atoms with Crippen LogP contribution < -0.4 is 16.0 Å². The number of aliphatic hydroxyl groups is 1. The largest absolute Gasteiger partial charge is 0.507 e. The van der Waals surface area contributed by atoms with Crippen molar-refractivity contribution in [3.63, 3.8) is 0 Å². The van der Waals surface area contributed by atoms with Gasteiger partial charge in [0.05, 0.1) is 5.56 Å². The van der Waals surface area contributed by atoms with Crippen molar-refractivity contribution < 1.29 is 24.6 Å². The number of allylic oxidation sites excluding steroid dienone is 4. The molecule has 46 heavy (non-hydrogen) atoms. The zero-order valence-electron chi connectivity index (χ0n) is 26.9. The SMILES string of the molecule is CC#C[C@]1(O)CC[C@H]2[C@@H]3CCC4=CC(=O)CCC4=C3[C@@H](c3ccc(N(C)CCC(=O)Nc4ccc(C(N)=O)c(O)c4)cc3)C[C@@]21C. The normalized spacial score (nSPS) is 28.2. The zero-order valence-corrected chi connectivity index (χ0v) is 26.9. The molecule has 4 aliphatic carbocycles. The number of aromatic hydroxyl groups is 1. The first-order valence-corrected chi connectivity index (χ1v) is 16.3. The number of primary amides is 1. The maximum atomic E-state index is 12.7. The molecule has 5 atom stereocenters. The predicted molar refractivity (Wildman–Crippen MR) is 178 cm³/mol. The van der Waals surface area contributed by atoms with E-state index in [4.69, 9.17) is 5.73 Å². The molecule has 0 aromatic heterocycles. The fourth-order valence-corrected chi connectivity index (χ4v) is 8.78. The minimum absolute atomic E-state index is 0.00126. The summed E-state index contributed by atoms with van der Waals surface area (Å²) in [6.07, 6.45) is 7.86. The lowest BCUT2D eigenvalue weighted by Gasteiger charge is -2.53. The molecule has 0 heterocycles. The summed E-state index contributed by atoms with van der Waals surface area (Å²) in [5.74, 6) is 6.10. The van der Waals surface area contributed by atoms with Gasteiger partial charge in [-0.15, -0.1) is 5.92 Å². The number of anilines is 2. The summed E-state index contributed by atoms with van der Waals surface area (Å²) in [5.41, 5.74) is 10.5. The number of carbonyl (C=O) groups excluding carboxylic acids is 3. The molecule has 2 saturated carbocycles. The monoisotopic (exact) mass is 621 g/mol. The van der Waals surface area contributed by atoms with Gasteiger partial charge in [-0.25, -0.2) is 0 Å². The average molecular weight is 622 g/mol. The molecule has 5 N–H and O–H groups in total. The van der Waals surface area contributed by atoms with Crippen molar-refractivity contribution >= 4 is 29.0 Å². The van der Waals surface area contributed by atoms with Crippen molar-refractivity contribution in [2.45, 2.75) is 76.7 Å². The van der Waals surface area contributed by atoms with Crippen LogP contribution in [-0.4, -0.2) is 47.0 Å². The Labute approximate surface area is 270 Å². The fraction of sp³-hybridized carbons (Fsp3) is 0.447. The molecule has 2 aromatic carbocycles. The van der Waals surface area contributed by atoms with Gasteiger partial charge in [-0.1, -0.05) is 30.6 Å². The Kier molecular flexibility index (Phi) is 8.32. The van der Waals surface area contributed by atoms with E-state index in [9.17, 15) is 24.6 Å². The molecular formula is C38H43N3O5. The van der Waals surface area contributed by atoms with Crippen LogP contribution in [0.4, 0.5) is 11.4 Å². The summed E-state index contributed by atoms with van der Waals surface area (Å²) >= 11 is 0. The third-order valence-corrected chi connectivity index (χ3v) is 11.2. The molecule has 6 rings (SSSR count). The number of nitrogens with zero attached hydrogens (tertiary/aromatic N) is 1. The van der Waals surface area contributed by atoms with Gasteiger partial charge in [0, 0.05) is 55.2 Å². The molecule has 2 amide bonds. The molecule has 0 spiro atoms. The van der Waals surface area contributed by atoms with Crippen LogP contribution in [0.15, 0.2) is 65.3 Å². The molecule has 0 radical (unpaired) electrons. The average Bonchev–Trinajstić information content (AvgIpc) is 3.28. The highest BCUT2D eigenvalue weighted by atomic mass is 16.3. The molecule has 8 nitrogen and oxygen atoms in total. The first kappa shape index (κ1) is 31.6. The van der Waals surface area contributed by atoms with Gasteiger partial charge in [0.25, 0.3) is 5.91 Å². The van der Waals surface area contributed by atoms with E-state index in [1.165, 1.54) is 40.5 Å². The molecule has 2 aromatic rings. The van der Waals surface area contributed by atoms with E-state index in [0.717, 1.165) is 37.8 Å². The number of rotatable bonds is 7. The van der Waals surface area contributed by atoms with Gasteiger partial charge in [0.2, 0.25) is 5.91 Å². The molecule has 4 aliphatic rings. The third kappa shape index (κ3) is 5.51. The molecule has 240 valence electrons. The van der Waals surface area contributed by atoms with Crippen LogP contribution in [0.1, 0.15) is 87.1 Å². The van der Waals surface area contributed by atoms with Crippen molar-refractivity contribution in [1.29, 1.82) is 0 Å². The number of hydrogen-bond acceptors (Lipinski definition) is 6. The van der Waals surface area contributed by atoms with Gasteiger partial charge in [-0.3, -0.25) is 14.4 Å². The van der Waals surface area contributed by atoms with E-state index in [-0.39, 0.29) is 40.8 Å². The molecule has 2 fully saturated rings. The van der Waals surface area contributed by atoms with Crippen LogP contribution in [0.3, 0.4) is 0 Å². The Morgan fingerprint density at radius 1 is 1.11 bits per heavy atom. The number of nitrogens with two attached hydrogens (primary N) is 1. The summed E-state index contributed by atoms with van der Waals surface area (Å²) in [6.45, 7) is 4.54. The fourth-order valence-electron chi connectivity index (χ4n) is 8.78. The van der Waals surface area contributed by atoms with Gasteiger partial charge < -0.3 is 26.2 Å². The topological polar surface area (TPSA) is 133 Å². The highest BCUT2D eigenvalue weighted by Crippen LogP contribution is 2.66. The second-order valence-corrected chi connectivity index (χ2v) is 13.7. The van der Waals surface area contributed by atoms with Crippen molar-refractivity contribution in [2.24, 2.45) is 23.0 Å². The quantitative estimate of drug-likeness (QED) is 0.297. The Balaban J connectivity index is 1.22. The number of nitrogens with one attached hydrogen (secondary N) is 1. The number of ketones is 1. The predicted octanol–water partition coefficient (Wildman–Crippen LogP) is 5.61. The lowest BCUT2D eigenvalue weighted by atomic mass is 9.51. The van der Waals surface area contributed by atoms with Gasteiger partial charge in [-0.2, -0.15) is 0 Å². The number of phenols is 1. The Morgan fingerprint density at radius 3 is 2.57 bits per heavy atom. The maximum absolute atomic E-state index is 12.7. The summed E-state index contributed by atoms with van der Waals surface area (Å²) < 4.78 is 0. The summed E-state index contributed by atoms with van der Waals surface area (Å²) in [4.78, 5) is 38.4. The number of hydrogen-bond donors (Lipinski definition) is 4. The number of benzene rings is 2. The van der Waals surface area contributed by atoms with E-state index >= 15 is 0 Å². The lowest BCUT2D eigenvalue weighted by Crippen LogP contribution is -2.51. The van der Waals surface area contributed by atoms with Crippen LogP contribution in [-0.2, 0) is 9.59 Å². The highest BCUT2D eigenvalue weighted by molar-refractivity contribution is 5.97. The van der Waals surface area contributed by atoms with E-state index in [1.54, 1.807) is 0 Å². The van der Waals surface area contributed by atoms with Crippen molar-refractivity contribution in [2.75, 3.05) is 23.8 Å². The minimum atomic E-state index is -1.01. The standard InChI is InChI=1S/C38H43N3O5/c1-4-17-38(46)18-15-32-29-12-7-24-20-27(42)11-14-28(24)35(29)31(22-37(32,38)2)23-5-9-26(10-6-23)41(3)19-16-34(44)40-25-8-13-30(36(39)45)33(43)21-25/h5-6,8-10,13,20-21,29,31-32,43,46H,7,11-12,14-16,18-19,22H2,1-3H3,(H2,39,45)(H,40,44)/t29-,31+,32-,37-,38-/m0/s1. The van der Waals surface area contributed by atoms with Gasteiger partial charge in [0.15, 0.2) is 5.78 Å². The van der Waals surface area contributed by atoms with Crippen LogP contribution in [0.2, 0.25) is 0 Å². The van der Waals surface area contributed by atoms with Crippen LogP contribution >= 0.6 is 0 Å². The van der Waals surface area contributed by atoms with Crippen LogP contribution in [0.5, 0.6) is 5.75 Å². The van der Waals surface area contributed by atoms with E-state index < -0.39 is 11.5 Å². The van der Waals surface area contributed by atoms with Gasteiger partial charge in [0.1, 0.15) is 11.4 Å². The summed E-state index contributed by atoms with van der Waals surface area (Å²) in [6, 6.07) is 12.8. The number of carbonyl (C=O) groups is 3. The van der Waals surface area contributed by atoms with Gasteiger partial charge >= 0.3 is 0 Å².